The summed E-state index contributed by atoms with van der Waals surface area (Å²) in [7, 11) is -3.81. The molecule has 0 saturated heterocycles. The molecule has 0 unspecified atom stereocenters. The van der Waals surface area contributed by atoms with E-state index in [1.165, 1.54) is 21.0 Å². The minimum absolute atomic E-state index is 0.0817. The van der Waals surface area contributed by atoms with Crippen molar-refractivity contribution in [2.75, 3.05) is 10.8 Å². The summed E-state index contributed by atoms with van der Waals surface area (Å²) in [6, 6.07) is 12.0. The van der Waals surface area contributed by atoms with Crippen molar-refractivity contribution in [2.45, 2.75) is 43.0 Å². The Morgan fingerprint density at radius 2 is 1.97 bits per heavy atom. The first-order valence-corrected chi connectivity index (χ1v) is 12.0. The number of aryl methyl sites for hydroxylation is 1. The zero-order valence-corrected chi connectivity index (χ0v) is 17.9. The number of rotatable bonds is 5. The van der Waals surface area contributed by atoms with Crippen molar-refractivity contribution in [3.8, 4) is 0 Å². The van der Waals surface area contributed by atoms with Crippen molar-refractivity contribution in [3.05, 3.63) is 70.3 Å². The molecule has 4 aromatic rings. The van der Waals surface area contributed by atoms with Crippen LogP contribution >= 0.6 is 0 Å². The van der Waals surface area contributed by atoms with Crippen LogP contribution in [0.25, 0.3) is 11.1 Å². The lowest BCUT2D eigenvalue weighted by atomic mass is 10.0. The molecule has 3 heterocycles. The third-order valence-corrected chi connectivity index (χ3v) is 7.81. The van der Waals surface area contributed by atoms with Crippen LogP contribution in [0.5, 0.6) is 0 Å². The van der Waals surface area contributed by atoms with Gasteiger partial charge in [0.05, 0.1) is 22.6 Å². The summed E-state index contributed by atoms with van der Waals surface area (Å²) in [5.41, 5.74) is 2.38. The van der Waals surface area contributed by atoms with E-state index >= 15 is 0 Å². The van der Waals surface area contributed by atoms with E-state index in [9.17, 15) is 13.2 Å². The van der Waals surface area contributed by atoms with Gasteiger partial charge in [-0.15, -0.1) is 0 Å². The van der Waals surface area contributed by atoms with Gasteiger partial charge in [0.15, 0.2) is 11.4 Å². The molecule has 1 aliphatic carbocycles. The summed E-state index contributed by atoms with van der Waals surface area (Å²) in [5, 5.41) is 3.95. The Bertz CT molecular complexity index is 1500. The molecule has 1 saturated carbocycles. The summed E-state index contributed by atoms with van der Waals surface area (Å²) >= 11 is 0. The highest BCUT2D eigenvalue weighted by molar-refractivity contribution is 7.92. The first-order chi connectivity index (χ1) is 15.5. The molecular formula is C22H20N4O5S. The summed E-state index contributed by atoms with van der Waals surface area (Å²) in [6.07, 6.45) is 3.67. The summed E-state index contributed by atoms with van der Waals surface area (Å²) in [5.74, 6) is 0.701. The molecule has 32 heavy (non-hydrogen) atoms. The van der Waals surface area contributed by atoms with Crippen LogP contribution in [0.15, 0.2) is 61.1 Å². The number of hydrogen-bond acceptors (Lipinski definition) is 7. The van der Waals surface area contributed by atoms with Crippen molar-refractivity contribution in [1.82, 2.24) is 14.7 Å². The van der Waals surface area contributed by atoms with Crippen molar-refractivity contribution in [1.29, 1.82) is 0 Å². The zero-order chi connectivity index (χ0) is 21.9. The number of para-hydroxylation sites is 1. The lowest BCUT2D eigenvalue weighted by Crippen LogP contribution is -2.35. The van der Waals surface area contributed by atoms with E-state index in [4.69, 9.17) is 8.94 Å². The van der Waals surface area contributed by atoms with E-state index in [1.54, 1.807) is 6.07 Å². The summed E-state index contributed by atoms with van der Waals surface area (Å²) < 4.78 is 40.3. The molecule has 1 aliphatic heterocycles. The molecule has 0 atom stereocenters. The van der Waals surface area contributed by atoms with Gasteiger partial charge >= 0.3 is 5.76 Å². The van der Waals surface area contributed by atoms with Crippen molar-refractivity contribution >= 4 is 26.8 Å². The number of anilines is 1. The van der Waals surface area contributed by atoms with Crippen molar-refractivity contribution in [2.24, 2.45) is 0 Å². The molecule has 0 bridgehead atoms. The second-order valence-corrected chi connectivity index (χ2v) is 10.1. The fourth-order valence-corrected chi connectivity index (χ4v) is 5.76. The fourth-order valence-electron chi connectivity index (χ4n) is 4.20. The maximum atomic E-state index is 13.4. The van der Waals surface area contributed by atoms with E-state index in [2.05, 4.69) is 10.1 Å². The van der Waals surface area contributed by atoms with Gasteiger partial charge in [-0.1, -0.05) is 23.4 Å². The topological polar surface area (TPSA) is 111 Å². The van der Waals surface area contributed by atoms with Gasteiger partial charge in [0.25, 0.3) is 10.0 Å². The van der Waals surface area contributed by atoms with Crippen LogP contribution in [-0.2, 0) is 23.0 Å². The number of fused-ring (bicyclic) bond motifs is 2. The molecule has 0 radical (unpaired) electrons. The predicted molar refractivity (Wildman–Crippen MR) is 115 cm³/mol. The minimum Gasteiger partial charge on any atom is -0.408 e. The zero-order valence-electron chi connectivity index (χ0n) is 17.1. The first-order valence-electron chi connectivity index (χ1n) is 10.6. The molecule has 6 rings (SSSR count). The molecule has 10 heteroatoms. The van der Waals surface area contributed by atoms with Crippen LogP contribution in [0.3, 0.4) is 0 Å². The second-order valence-electron chi connectivity index (χ2n) is 8.22. The lowest BCUT2D eigenvalue weighted by Gasteiger charge is -2.30. The summed E-state index contributed by atoms with van der Waals surface area (Å²) in [6.45, 7) is 0.497. The Morgan fingerprint density at radius 1 is 1.12 bits per heavy atom. The molecule has 0 amide bonds. The SMILES string of the molecule is O=c1oc2cc(S(=O)(=O)N3CCCc4ccccc43)ccc2n1Cc1noc(C2CC2)n1. The Hall–Kier alpha value is -3.40. The number of nitrogens with zero attached hydrogens (tertiary/aromatic N) is 4. The predicted octanol–water partition coefficient (Wildman–Crippen LogP) is 3.04. The third-order valence-electron chi connectivity index (χ3n) is 6.01. The monoisotopic (exact) mass is 452 g/mol. The summed E-state index contributed by atoms with van der Waals surface area (Å²) in [4.78, 5) is 16.9. The number of oxazole rings is 1. The van der Waals surface area contributed by atoms with E-state index in [0.717, 1.165) is 31.2 Å². The van der Waals surface area contributed by atoms with Gasteiger partial charge in [-0.3, -0.25) is 8.87 Å². The highest BCUT2D eigenvalue weighted by Gasteiger charge is 2.31. The number of benzene rings is 2. The number of aromatic nitrogens is 3. The normalized spacial score (nSPS) is 16.4. The van der Waals surface area contributed by atoms with Crippen molar-refractivity contribution < 1.29 is 17.4 Å². The van der Waals surface area contributed by atoms with Gasteiger partial charge in [-0.25, -0.2) is 13.2 Å². The molecule has 1 fully saturated rings. The van der Waals surface area contributed by atoms with Crippen LogP contribution in [0.1, 0.15) is 42.5 Å². The average molecular weight is 452 g/mol. The Labute approximate surface area is 183 Å². The smallest absolute Gasteiger partial charge is 0.408 e. The van der Waals surface area contributed by atoms with Gasteiger partial charge in [0, 0.05) is 18.5 Å². The van der Waals surface area contributed by atoms with Gasteiger partial charge in [-0.2, -0.15) is 4.98 Å². The van der Waals surface area contributed by atoms with Crippen molar-refractivity contribution in [3.63, 3.8) is 0 Å². The number of hydrogen-bond donors (Lipinski definition) is 0. The highest BCUT2D eigenvalue weighted by atomic mass is 32.2. The molecule has 2 aromatic carbocycles. The molecule has 164 valence electrons. The molecule has 2 aromatic heterocycles. The molecule has 2 aliphatic rings. The van der Waals surface area contributed by atoms with Gasteiger partial charge < -0.3 is 8.94 Å². The third kappa shape index (κ3) is 3.13. The molecule has 0 spiro atoms. The van der Waals surface area contributed by atoms with E-state index in [0.29, 0.717) is 35.4 Å². The van der Waals surface area contributed by atoms with E-state index in [-0.39, 0.29) is 17.0 Å². The number of sulfonamides is 1. The molecule has 0 N–H and O–H groups in total. The van der Waals surface area contributed by atoms with Crippen LogP contribution in [0, 0.1) is 0 Å². The molecular weight excluding hydrogens is 432 g/mol. The fraction of sp³-hybridized carbons (Fsp3) is 0.318. The Morgan fingerprint density at radius 3 is 2.81 bits per heavy atom. The van der Waals surface area contributed by atoms with Crippen LogP contribution < -0.4 is 10.1 Å². The largest absolute Gasteiger partial charge is 0.420 e. The van der Waals surface area contributed by atoms with Crippen LogP contribution in [0.2, 0.25) is 0 Å². The van der Waals surface area contributed by atoms with Crippen LogP contribution in [-0.4, -0.2) is 29.7 Å². The van der Waals surface area contributed by atoms with Gasteiger partial charge in [0.2, 0.25) is 5.89 Å². The lowest BCUT2D eigenvalue weighted by molar-refractivity contribution is 0.372. The molecule has 9 nitrogen and oxygen atoms in total. The van der Waals surface area contributed by atoms with Crippen LogP contribution in [0.4, 0.5) is 5.69 Å². The maximum absolute atomic E-state index is 13.4. The highest BCUT2D eigenvalue weighted by Crippen LogP contribution is 2.39. The Balaban J connectivity index is 1.36. The minimum atomic E-state index is -3.81. The Kier molecular flexibility index (Phi) is 4.26. The average Bonchev–Trinajstić information content (AvgIpc) is 3.47. The van der Waals surface area contributed by atoms with E-state index in [1.807, 2.05) is 24.3 Å². The first kappa shape index (κ1) is 19.3. The van der Waals surface area contributed by atoms with E-state index < -0.39 is 15.8 Å². The maximum Gasteiger partial charge on any atom is 0.420 e. The standard InChI is InChI=1S/C22H20N4O5S/c27-22-25(13-20-23-21(31-24-20)15-7-8-15)18-10-9-16(12-19(18)30-22)32(28,29)26-11-3-5-14-4-1-2-6-17(14)26/h1-2,4,6,9-10,12,15H,3,5,7-8,11,13H2. The second kappa shape index (κ2) is 7.06. The quantitative estimate of drug-likeness (QED) is 0.457. The van der Waals surface area contributed by atoms with Gasteiger partial charge in [-0.05, 0) is 49.4 Å². The van der Waals surface area contributed by atoms with Gasteiger partial charge in [0.1, 0.15) is 0 Å².